The molecule has 3 nitrogen and oxygen atoms in total. The largest absolute Gasteiger partial charge is 0.399 e. The van der Waals surface area contributed by atoms with Gasteiger partial charge in [0.15, 0.2) is 9.84 Å². The first-order valence-corrected chi connectivity index (χ1v) is 5.47. The minimum Gasteiger partial charge on any atom is -0.399 e. The van der Waals surface area contributed by atoms with Gasteiger partial charge in [-0.1, -0.05) is 6.07 Å². The molecule has 0 saturated carbocycles. The standard InChI is InChI=1S/C8H9NO2S/c9-8-2-1-6-4-12(10,11)5-7(6)3-8/h1-3H,4-5,9H2. The summed E-state index contributed by atoms with van der Waals surface area (Å²) in [6.45, 7) is 0. The zero-order valence-electron chi connectivity index (χ0n) is 6.45. The van der Waals surface area contributed by atoms with Gasteiger partial charge in [-0.25, -0.2) is 8.42 Å². The van der Waals surface area contributed by atoms with Gasteiger partial charge in [-0.3, -0.25) is 0 Å². The van der Waals surface area contributed by atoms with E-state index in [1.54, 1.807) is 18.2 Å². The first-order valence-electron chi connectivity index (χ1n) is 3.64. The van der Waals surface area contributed by atoms with Gasteiger partial charge >= 0.3 is 0 Å². The molecule has 0 amide bonds. The van der Waals surface area contributed by atoms with E-state index in [9.17, 15) is 8.42 Å². The lowest BCUT2D eigenvalue weighted by Crippen LogP contribution is -1.95. The number of nitrogen functional groups attached to an aromatic ring is 1. The topological polar surface area (TPSA) is 60.2 Å². The third kappa shape index (κ3) is 1.18. The number of fused-ring (bicyclic) bond motifs is 1. The molecule has 1 aliphatic heterocycles. The number of nitrogens with two attached hydrogens (primary N) is 1. The molecule has 4 heteroatoms. The summed E-state index contributed by atoms with van der Waals surface area (Å²) in [5.74, 6) is 0.315. The zero-order valence-corrected chi connectivity index (χ0v) is 7.26. The van der Waals surface area contributed by atoms with Crippen LogP contribution in [-0.4, -0.2) is 8.42 Å². The lowest BCUT2D eigenvalue weighted by molar-refractivity contribution is 0.598. The molecule has 0 radical (unpaired) electrons. The van der Waals surface area contributed by atoms with Crippen molar-refractivity contribution in [3.05, 3.63) is 29.3 Å². The SMILES string of the molecule is Nc1ccc2c(c1)CS(=O)(=O)C2. The highest BCUT2D eigenvalue weighted by atomic mass is 32.2. The van der Waals surface area contributed by atoms with Crippen LogP contribution in [0.3, 0.4) is 0 Å². The van der Waals surface area contributed by atoms with Crippen LogP contribution >= 0.6 is 0 Å². The van der Waals surface area contributed by atoms with E-state index < -0.39 is 9.84 Å². The third-order valence-corrected chi connectivity index (χ3v) is 3.48. The molecular weight excluding hydrogens is 174 g/mol. The average Bonchev–Trinajstić information content (AvgIpc) is 2.21. The Kier molecular flexibility index (Phi) is 1.41. The highest BCUT2D eigenvalue weighted by Gasteiger charge is 2.23. The van der Waals surface area contributed by atoms with Crippen molar-refractivity contribution in [2.75, 3.05) is 5.73 Å². The van der Waals surface area contributed by atoms with Crippen LogP contribution in [0.25, 0.3) is 0 Å². The van der Waals surface area contributed by atoms with Gasteiger partial charge < -0.3 is 5.73 Å². The highest BCUT2D eigenvalue weighted by molar-refractivity contribution is 7.90. The van der Waals surface area contributed by atoms with E-state index in [4.69, 9.17) is 5.73 Å². The Bertz CT molecular complexity index is 423. The second-order valence-corrected chi connectivity index (χ2v) is 5.12. The molecule has 0 aromatic heterocycles. The molecule has 0 bridgehead atoms. The van der Waals surface area contributed by atoms with Gasteiger partial charge in [-0.15, -0.1) is 0 Å². The average molecular weight is 183 g/mol. The van der Waals surface area contributed by atoms with Crippen LogP contribution in [-0.2, 0) is 21.3 Å². The van der Waals surface area contributed by atoms with Crippen LogP contribution in [0.2, 0.25) is 0 Å². The molecule has 0 aliphatic carbocycles. The number of hydrogen-bond donors (Lipinski definition) is 1. The van der Waals surface area contributed by atoms with E-state index >= 15 is 0 Å². The number of rotatable bonds is 0. The van der Waals surface area contributed by atoms with Crippen molar-refractivity contribution in [1.29, 1.82) is 0 Å². The highest BCUT2D eigenvalue weighted by Crippen LogP contribution is 2.26. The van der Waals surface area contributed by atoms with Crippen LogP contribution < -0.4 is 5.73 Å². The first-order chi connectivity index (χ1) is 5.57. The molecule has 1 aromatic carbocycles. The maximum atomic E-state index is 11.2. The summed E-state index contributed by atoms with van der Waals surface area (Å²) in [4.78, 5) is 0. The maximum Gasteiger partial charge on any atom is 0.158 e. The summed E-state index contributed by atoms with van der Waals surface area (Å²) < 4.78 is 22.3. The number of hydrogen-bond acceptors (Lipinski definition) is 3. The Morgan fingerprint density at radius 2 is 1.83 bits per heavy atom. The van der Waals surface area contributed by atoms with Crippen molar-refractivity contribution >= 4 is 15.5 Å². The summed E-state index contributed by atoms with van der Waals surface area (Å²) in [5.41, 5.74) is 7.90. The Labute approximate surface area is 71.1 Å². The molecule has 0 unspecified atom stereocenters. The minimum absolute atomic E-state index is 0.146. The lowest BCUT2D eigenvalue weighted by atomic mass is 10.1. The van der Waals surface area contributed by atoms with E-state index in [-0.39, 0.29) is 11.5 Å². The van der Waals surface area contributed by atoms with Crippen molar-refractivity contribution in [3.63, 3.8) is 0 Å². The van der Waals surface area contributed by atoms with Crippen LogP contribution in [0.1, 0.15) is 11.1 Å². The van der Waals surface area contributed by atoms with Gasteiger partial charge in [0.25, 0.3) is 0 Å². The predicted molar refractivity (Wildman–Crippen MR) is 47.2 cm³/mol. The van der Waals surface area contributed by atoms with Crippen molar-refractivity contribution < 1.29 is 8.42 Å². The van der Waals surface area contributed by atoms with Crippen molar-refractivity contribution in [2.24, 2.45) is 0 Å². The lowest BCUT2D eigenvalue weighted by Gasteiger charge is -1.96. The molecule has 1 heterocycles. The van der Waals surface area contributed by atoms with Gasteiger partial charge in [0.2, 0.25) is 0 Å². The second kappa shape index (κ2) is 2.23. The van der Waals surface area contributed by atoms with E-state index in [0.29, 0.717) is 5.69 Å². The third-order valence-electron chi connectivity index (χ3n) is 1.98. The molecule has 1 aromatic rings. The normalized spacial score (nSPS) is 19.0. The molecule has 1 aliphatic rings. The Hall–Kier alpha value is -1.03. The quantitative estimate of drug-likeness (QED) is 0.602. The molecule has 64 valence electrons. The second-order valence-electron chi connectivity index (χ2n) is 3.06. The van der Waals surface area contributed by atoms with E-state index in [0.717, 1.165) is 11.1 Å². The molecule has 0 atom stereocenters. The summed E-state index contributed by atoms with van der Waals surface area (Å²) in [6, 6.07) is 5.26. The Morgan fingerprint density at radius 1 is 1.17 bits per heavy atom. The van der Waals surface area contributed by atoms with E-state index in [1.165, 1.54) is 0 Å². The van der Waals surface area contributed by atoms with Gasteiger partial charge in [-0.05, 0) is 23.3 Å². The summed E-state index contributed by atoms with van der Waals surface area (Å²) in [5, 5.41) is 0. The molecule has 0 saturated heterocycles. The van der Waals surface area contributed by atoms with Gasteiger partial charge in [-0.2, -0.15) is 0 Å². The summed E-state index contributed by atoms with van der Waals surface area (Å²) >= 11 is 0. The molecule has 0 spiro atoms. The van der Waals surface area contributed by atoms with Crippen LogP contribution in [0, 0.1) is 0 Å². The van der Waals surface area contributed by atoms with Crippen molar-refractivity contribution in [3.8, 4) is 0 Å². The Balaban J connectivity index is 2.56. The molecular formula is C8H9NO2S. The monoisotopic (exact) mass is 183 g/mol. The maximum absolute atomic E-state index is 11.2. The van der Waals surface area contributed by atoms with E-state index in [1.807, 2.05) is 0 Å². The smallest absolute Gasteiger partial charge is 0.158 e. The molecule has 2 N–H and O–H groups in total. The molecule has 12 heavy (non-hydrogen) atoms. The Morgan fingerprint density at radius 3 is 2.58 bits per heavy atom. The summed E-state index contributed by atoms with van der Waals surface area (Å²) in [6.07, 6.45) is 0. The predicted octanol–water partition coefficient (Wildman–Crippen LogP) is 0.697. The number of sulfone groups is 1. The molecule has 0 fully saturated rings. The fourth-order valence-electron chi connectivity index (χ4n) is 1.45. The van der Waals surface area contributed by atoms with Crippen molar-refractivity contribution in [1.82, 2.24) is 0 Å². The fourth-order valence-corrected chi connectivity index (χ4v) is 3.05. The van der Waals surface area contributed by atoms with Crippen LogP contribution in [0.15, 0.2) is 18.2 Å². The fraction of sp³-hybridized carbons (Fsp3) is 0.250. The summed E-state index contributed by atoms with van der Waals surface area (Å²) in [7, 11) is -2.88. The van der Waals surface area contributed by atoms with Gasteiger partial charge in [0.1, 0.15) is 0 Å². The van der Waals surface area contributed by atoms with Gasteiger partial charge in [0, 0.05) is 5.69 Å². The van der Waals surface area contributed by atoms with Crippen LogP contribution in [0.5, 0.6) is 0 Å². The number of benzene rings is 1. The first kappa shape index (κ1) is 7.61. The minimum atomic E-state index is -2.88. The van der Waals surface area contributed by atoms with Crippen LogP contribution in [0.4, 0.5) is 5.69 Å². The van der Waals surface area contributed by atoms with Crippen molar-refractivity contribution in [2.45, 2.75) is 11.5 Å². The molecule has 2 rings (SSSR count). The van der Waals surface area contributed by atoms with Gasteiger partial charge in [0.05, 0.1) is 11.5 Å². The zero-order chi connectivity index (χ0) is 8.77. The van der Waals surface area contributed by atoms with E-state index in [2.05, 4.69) is 0 Å². The number of anilines is 1.